The van der Waals surface area contributed by atoms with Gasteiger partial charge in [-0.15, -0.1) is 11.8 Å². The van der Waals surface area contributed by atoms with Gasteiger partial charge in [-0.1, -0.05) is 53.2 Å². The molecule has 0 atom stereocenters. The molecule has 1 nitrogen and oxygen atoms in total. The third kappa shape index (κ3) is 4.19. The van der Waals surface area contributed by atoms with Crippen LogP contribution in [0.4, 0.5) is 0 Å². The highest BCUT2D eigenvalue weighted by molar-refractivity contribution is 7.98. The minimum Gasteiger partial charge on any atom is -0.320 e. The first kappa shape index (κ1) is 15.3. The van der Waals surface area contributed by atoms with Crippen LogP contribution in [0.15, 0.2) is 47.4 Å². The lowest BCUT2D eigenvalue weighted by molar-refractivity contribution is 1.30. The average Bonchev–Trinajstić information content (AvgIpc) is 2.47. The fourth-order valence-electron chi connectivity index (χ4n) is 1.66. The van der Waals surface area contributed by atoms with Crippen molar-refractivity contribution in [2.24, 2.45) is 5.73 Å². The van der Waals surface area contributed by atoms with E-state index in [4.69, 9.17) is 28.9 Å². The Morgan fingerprint density at radius 1 is 1.10 bits per heavy atom. The molecule has 2 rings (SSSR count). The molecule has 0 spiro atoms. The molecule has 0 aromatic heterocycles. The second-order valence-electron chi connectivity index (χ2n) is 4.03. The molecule has 0 aliphatic carbocycles. The minimum absolute atomic E-state index is 0.363. The zero-order valence-corrected chi connectivity index (χ0v) is 13.0. The van der Waals surface area contributed by atoms with Crippen molar-refractivity contribution in [3.63, 3.8) is 0 Å². The number of rotatable bonds is 3. The van der Waals surface area contributed by atoms with Crippen molar-refractivity contribution in [3.05, 3.63) is 63.6 Å². The van der Waals surface area contributed by atoms with Gasteiger partial charge in [-0.05, 0) is 29.8 Å². The van der Waals surface area contributed by atoms with E-state index >= 15 is 0 Å². The fraction of sp³-hybridized carbons (Fsp3) is 0.125. The topological polar surface area (TPSA) is 26.0 Å². The van der Waals surface area contributed by atoms with E-state index in [0.29, 0.717) is 16.6 Å². The van der Waals surface area contributed by atoms with E-state index in [1.165, 1.54) is 0 Å². The SMILES string of the molecule is NCC#Cc1ccccc1CSc1cc(Cl)ccc1Cl. The number of halogens is 2. The molecule has 2 aromatic carbocycles. The van der Waals surface area contributed by atoms with Crippen LogP contribution in [-0.4, -0.2) is 6.54 Å². The second-order valence-corrected chi connectivity index (χ2v) is 5.89. The number of hydrogen-bond acceptors (Lipinski definition) is 2. The second kappa shape index (κ2) is 7.61. The molecule has 2 aromatic rings. The summed E-state index contributed by atoms with van der Waals surface area (Å²) >= 11 is 13.8. The van der Waals surface area contributed by atoms with Crippen LogP contribution in [0.2, 0.25) is 10.0 Å². The van der Waals surface area contributed by atoms with E-state index in [9.17, 15) is 0 Å². The van der Waals surface area contributed by atoms with Crippen LogP contribution in [0.25, 0.3) is 0 Å². The molecule has 0 saturated carbocycles. The van der Waals surface area contributed by atoms with Gasteiger partial charge in [-0.25, -0.2) is 0 Å². The molecule has 0 radical (unpaired) electrons. The molecule has 0 saturated heterocycles. The summed E-state index contributed by atoms with van der Waals surface area (Å²) in [7, 11) is 0. The van der Waals surface area contributed by atoms with Gasteiger partial charge < -0.3 is 5.73 Å². The number of benzene rings is 2. The van der Waals surface area contributed by atoms with Gasteiger partial charge in [0.2, 0.25) is 0 Å². The van der Waals surface area contributed by atoms with E-state index < -0.39 is 0 Å². The summed E-state index contributed by atoms with van der Waals surface area (Å²) in [6.07, 6.45) is 0. The van der Waals surface area contributed by atoms with E-state index in [2.05, 4.69) is 17.9 Å². The Balaban J connectivity index is 2.17. The Morgan fingerprint density at radius 2 is 1.90 bits per heavy atom. The lowest BCUT2D eigenvalue weighted by Gasteiger charge is -2.07. The maximum atomic E-state index is 6.16. The molecule has 102 valence electrons. The number of hydrogen-bond donors (Lipinski definition) is 1. The van der Waals surface area contributed by atoms with Crippen LogP contribution in [0, 0.1) is 11.8 Å². The highest BCUT2D eigenvalue weighted by Crippen LogP contribution is 2.32. The van der Waals surface area contributed by atoms with Gasteiger partial charge in [0.05, 0.1) is 11.6 Å². The Kier molecular flexibility index (Phi) is 5.82. The molecule has 0 heterocycles. The van der Waals surface area contributed by atoms with Gasteiger partial charge in [0, 0.05) is 21.2 Å². The third-order valence-electron chi connectivity index (χ3n) is 2.62. The van der Waals surface area contributed by atoms with Crippen LogP contribution in [0.1, 0.15) is 11.1 Å². The van der Waals surface area contributed by atoms with Gasteiger partial charge in [-0.3, -0.25) is 0 Å². The molecule has 0 bridgehead atoms. The standard InChI is InChI=1S/C16H13Cl2NS/c17-14-7-8-15(18)16(10-14)20-11-13-5-2-1-4-12(13)6-3-9-19/h1-2,4-5,7-8,10H,9,11,19H2. The first-order chi connectivity index (χ1) is 9.70. The summed E-state index contributed by atoms with van der Waals surface area (Å²) in [6, 6.07) is 13.5. The van der Waals surface area contributed by atoms with Crippen molar-refractivity contribution in [3.8, 4) is 11.8 Å². The van der Waals surface area contributed by atoms with Gasteiger partial charge in [-0.2, -0.15) is 0 Å². The smallest absolute Gasteiger partial charge is 0.0555 e. The molecular formula is C16H13Cl2NS. The summed E-state index contributed by atoms with van der Waals surface area (Å²) in [5.41, 5.74) is 7.58. The highest BCUT2D eigenvalue weighted by Gasteiger charge is 2.05. The summed E-state index contributed by atoms with van der Waals surface area (Å²) < 4.78 is 0. The van der Waals surface area contributed by atoms with Crippen LogP contribution in [0.5, 0.6) is 0 Å². The first-order valence-corrected chi connectivity index (χ1v) is 7.79. The van der Waals surface area contributed by atoms with E-state index in [1.54, 1.807) is 17.8 Å². The third-order valence-corrected chi connectivity index (χ3v) is 4.40. The summed E-state index contributed by atoms with van der Waals surface area (Å²) in [5, 5.41) is 1.40. The lowest BCUT2D eigenvalue weighted by Crippen LogP contribution is -1.94. The van der Waals surface area contributed by atoms with Crippen molar-refractivity contribution >= 4 is 35.0 Å². The monoisotopic (exact) mass is 321 g/mol. The van der Waals surface area contributed by atoms with Gasteiger partial charge >= 0.3 is 0 Å². The van der Waals surface area contributed by atoms with Gasteiger partial charge in [0.1, 0.15) is 0 Å². The maximum absolute atomic E-state index is 6.16. The van der Waals surface area contributed by atoms with Crippen LogP contribution >= 0.6 is 35.0 Å². The normalized spacial score (nSPS) is 9.95. The van der Waals surface area contributed by atoms with Crippen LogP contribution in [-0.2, 0) is 5.75 Å². The predicted molar refractivity (Wildman–Crippen MR) is 88.4 cm³/mol. The largest absolute Gasteiger partial charge is 0.320 e. The first-order valence-electron chi connectivity index (χ1n) is 6.05. The zero-order valence-electron chi connectivity index (χ0n) is 10.7. The number of nitrogens with two attached hydrogens (primary N) is 1. The quantitative estimate of drug-likeness (QED) is 0.660. The van der Waals surface area contributed by atoms with Crippen LogP contribution < -0.4 is 5.73 Å². The molecular weight excluding hydrogens is 309 g/mol. The molecule has 0 aliphatic rings. The van der Waals surface area contributed by atoms with Crippen LogP contribution in [0.3, 0.4) is 0 Å². The van der Waals surface area contributed by atoms with Crippen molar-refractivity contribution < 1.29 is 0 Å². The van der Waals surface area contributed by atoms with E-state index in [-0.39, 0.29) is 0 Å². The fourth-order valence-corrected chi connectivity index (χ4v) is 3.15. The van der Waals surface area contributed by atoms with Gasteiger partial charge in [0.25, 0.3) is 0 Å². The Bertz CT molecular complexity index is 659. The molecule has 0 aliphatic heterocycles. The minimum atomic E-state index is 0.363. The van der Waals surface area contributed by atoms with Crippen molar-refractivity contribution in [2.75, 3.05) is 6.54 Å². The summed E-state index contributed by atoms with van der Waals surface area (Å²) in [5.74, 6) is 6.76. The molecule has 4 heteroatoms. The molecule has 20 heavy (non-hydrogen) atoms. The van der Waals surface area contributed by atoms with Gasteiger partial charge in [0.15, 0.2) is 0 Å². The molecule has 0 amide bonds. The maximum Gasteiger partial charge on any atom is 0.0555 e. The van der Waals surface area contributed by atoms with Crippen molar-refractivity contribution in [1.82, 2.24) is 0 Å². The summed E-state index contributed by atoms with van der Waals surface area (Å²) in [4.78, 5) is 0.973. The number of thioether (sulfide) groups is 1. The molecule has 0 unspecified atom stereocenters. The Labute approximate surface area is 133 Å². The zero-order chi connectivity index (χ0) is 14.4. The predicted octanol–water partition coefficient (Wildman–Crippen LogP) is 4.60. The van der Waals surface area contributed by atoms with E-state index in [1.807, 2.05) is 30.3 Å². The molecule has 2 N–H and O–H groups in total. The molecule has 0 fully saturated rings. The Hall–Kier alpha value is -1.11. The average molecular weight is 322 g/mol. The summed E-state index contributed by atoms with van der Waals surface area (Å²) in [6.45, 7) is 0.363. The highest BCUT2D eigenvalue weighted by atomic mass is 35.5. The van der Waals surface area contributed by atoms with E-state index in [0.717, 1.165) is 21.8 Å². The van der Waals surface area contributed by atoms with Crippen molar-refractivity contribution in [2.45, 2.75) is 10.6 Å². The van der Waals surface area contributed by atoms with Crippen molar-refractivity contribution in [1.29, 1.82) is 0 Å². The Morgan fingerprint density at radius 3 is 2.70 bits per heavy atom. The lowest BCUT2D eigenvalue weighted by atomic mass is 10.1.